The molecule has 0 spiro atoms. The van der Waals surface area contributed by atoms with Gasteiger partial charge in [-0.25, -0.2) is 4.79 Å². The highest BCUT2D eigenvalue weighted by Crippen LogP contribution is 2.29. The van der Waals surface area contributed by atoms with Crippen LogP contribution in [0.4, 0.5) is 0 Å². The van der Waals surface area contributed by atoms with E-state index in [2.05, 4.69) is 6.92 Å². The molecule has 166 valence electrons. The Hall–Kier alpha value is -0.570. The third-order valence-electron chi connectivity index (χ3n) is 6.29. The number of rotatable bonds is 18. The number of aliphatic hydroxyl groups is 1. The number of carbonyl (C=O) groups excluding carboxylic acids is 1. The molecule has 0 heterocycles. The number of hydrogen-bond donors (Lipinski definition) is 1. The summed E-state index contributed by atoms with van der Waals surface area (Å²) in [5.41, 5.74) is -1.19. The first-order chi connectivity index (χ1) is 13.7. The van der Waals surface area contributed by atoms with Gasteiger partial charge in [-0.2, -0.15) is 0 Å². The molecule has 1 saturated carbocycles. The van der Waals surface area contributed by atoms with E-state index in [1.165, 1.54) is 89.9 Å². The van der Waals surface area contributed by atoms with Gasteiger partial charge in [0, 0.05) is 0 Å². The van der Waals surface area contributed by atoms with Gasteiger partial charge in [0.05, 0.1) is 6.61 Å². The number of ether oxygens (including phenoxy) is 1. The van der Waals surface area contributed by atoms with Gasteiger partial charge < -0.3 is 9.84 Å². The molecule has 1 aliphatic carbocycles. The first kappa shape index (κ1) is 25.5. The number of carbonyl (C=O) groups is 1. The van der Waals surface area contributed by atoms with Gasteiger partial charge in [0.2, 0.25) is 0 Å². The van der Waals surface area contributed by atoms with Gasteiger partial charge in [-0.05, 0) is 32.1 Å². The van der Waals surface area contributed by atoms with Crippen molar-refractivity contribution >= 4 is 5.97 Å². The molecule has 0 aromatic heterocycles. The van der Waals surface area contributed by atoms with Gasteiger partial charge >= 0.3 is 5.97 Å². The van der Waals surface area contributed by atoms with Crippen LogP contribution in [0.1, 0.15) is 142 Å². The van der Waals surface area contributed by atoms with Crippen molar-refractivity contribution in [2.75, 3.05) is 6.61 Å². The van der Waals surface area contributed by atoms with E-state index < -0.39 is 5.60 Å². The van der Waals surface area contributed by atoms with E-state index in [0.29, 0.717) is 19.4 Å². The van der Waals surface area contributed by atoms with E-state index >= 15 is 0 Å². The van der Waals surface area contributed by atoms with Crippen molar-refractivity contribution in [3.05, 3.63) is 0 Å². The standard InChI is InChI=1S/C25H48O3/c1-2-3-4-5-6-7-8-9-10-11-12-13-14-15-16-20-23-28-24(26)25(27)21-18-17-19-22-25/h27H,2-23H2,1H3. The summed E-state index contributed by atoms with van der Waals surface area (Å²) in [5.74, 6) is -0.381. The molecule has 1 N–H and O–H groups in total. The highest BCUT2D eigenvalue weighted by Gasteiger charge is 2.38. The monoisotopic (exact) mass is 396 g/mol. The molecule has 0 aromatic carbocycles. The molecule has 3 heteroatoms. The summed E-state index contributed by atoms with van der Waals surface area (Å²) < 4.78 is 5.31. The van der Waals surface area contributed by atoms with Crippen LogP contribution in [0.15, 0.2) is 0 Å². The summed E-state index contributed by atoms with van der Waals surface area (Å²) in [6.07, 6.45) is 25.6. The summed E-state index contributed by atoms with van der Waals surface area (Å²) in [6, 6.07) is 0. The summed E-state index contributed by atoms with van der Waals surface area (Å²) in [4.78, 5) is 12.0. The SMILES string of the molecule is CCCCCCCCCCCCCCCCCCOC(=O)C1(O)CCCCC1. The number of unbranched alkanes of at least 4 members (excludes halogenated alkanes) is 15. The minimum atomic E-state index is -1.19. The van der Waals surface area contributed by atoms with E-state index in [0.717, 1.165) is 32.1 Å². The van der Waals surface area contributed by atoms with Crippen LogP contribution in [0.2, 0.25) is 0 Å². The van der Waals surface area contributed by atoms with Gasteiger partial charge in [0.25, 0.3) is 0 Å². The molecule has 0 aliphatic heterocycles. The fourth-order valence-electron chi connectivity index (χ4n) is 4.29. The topological polar surface area (TPSA) is 46.5 Å². The Bertz CT molecular complexity index is 361. The summed E-state index contributed by atoms with van der Waals surface area (Å²) in [5, 5.41) is 10.3. The van der Waals surface area contributed by atoms with Crippen LogP contribution in [-0.4, -0.2) is 23.3 Å². The molecule has 0 unspecified atom stereocenters. The van der Waals surface area contributed by atoms with Gasteiger partial charge in [-0.15, -0.1) is 0 Å². The zero-order chi connectivity index (χ0) is 20.3. The Balaban J connectivity index is 1.77. The fraction of sp³-hybridized carbons (Fsp3) is 0.960. The van der Waals surface area contributed by atoms with Gasteiger partial charge in [0.1, 0.15) is 0 Å². The average molecular weight is 397 g/mol. The highest BCUT2D eigenvalue weighted by molar-refractivity contribution is 5.79. The molecule has 1 fully saturated rings. The molecule has 0 atom stereocenters. The van der Waals surface area contributed by atoms with Gasteiger partial charge in [-0.3, -0.25) is 0 Å². The second-order valence-electron chi connectivity index (χ2n) is 9.03. The fourth-order valence-corrected chi connectivity index (χ4v) is 4.29. The maximum absolute atomic E-state index is 12.0. The molecule has 0 bridgehead atoms. The van der Waals surface area contributed by atoms with Crippen molar-refractivity contribution in [1.82, 2.24) is 0 Å². The lowest BCUT2D eigenvalue weighted by atomic mass is 9.85. The molecular formula is C25H48O3. The van der Waals surface area contributed by atoms with Crippen LogP contribution in [-0.2, 0) is 9.53 Å². The number of esters is 1. The minimum absolute atomic E-state index is 0.381. The third-order valence-corrected chi connectivity index (χ3v) is 6.29. The normalized spacial score (nSPS) is 16.2. The Morgan fingerprint density at radius 3 is 1.50 bits per heavy atom. The van der Waals surface area contributed by atoms with Crippen LogP contribution in [0.3, 0.4) is 0 Å². The van der Waals surface area contributed by atoms with Crippen molar-refractivity contribution in [1.29, 1.82) is 0 Å². The van der Waals surface area contributed by atoms with E-state index in [1.807, 2.05) is 0 Å². The quantitative estimate of drug-likeness (QED) is 0.193. The summed E-state index contributed by atoms with van der Waals surface area (Å²) in [6.45, 7) is 2.75. The Morgan fingerprint density at radius 1 is 0.679 bits per heavy atom. The first-order valence-electron chi connectivity index (χ1n) is 12.6. The highest BCUT2D eigenvalue weighted by atomic mass is 16.5. The molecule has 0 amide bonds. The lowest BCUT2D eigenvalue weighted by molar-refractivity contribution is -0.169. The zero-order valence-electron chi connectivity index (χ0n) is 18.8. The molecule has 0 saturated heterocycles. The molecular weight excluding hydrogens is 348 g/mol. The Kier molecular flexibility index (Phi) is 15.7. The van der Waals surface area contributed by atoms with Crippen molar-refractivity contribution in [3.8, 4) is 0 Å². The minimum Gasteiger partial charge on any atom is -0.464 e. The van der Waals surface area contributed by atoms with Crippen LogP contribution >= 0.6 is 0 Å². The molecule has 1 rings (SSSR count). The van der Waals surface area contributed by atoms with E-state index in [-0.39, 0.29) is 5.97 Å². The van der Waals surface area contributed by atoms with Crippen LogP contribution in [0, 0.1) is 0 Å². The molecule has 28 heavy (non-hydrogen) atoms. The average Bonchev–Trinajstić information content (AvgIpc) is 2.70. The Labute approximate surface area is 175 Å². The van der Waals surface area contributed by atoms with Crippen molar-refractivity contribution in [2.24, 2.45) is 0 Å². The van der Waals surface area contributed by atoms with Crippen LogP contribution < -0.4 is 0 Å². The second kappa shape index (κ2) is 17.3. The van der Waals surface area contributed by atoms with Crippen molar-refractivity contribution in [3.63, 3.8) is 0 Å². The first-order valence-corrected chi connectivity index (χ1v) is 12.6. The predicted molar refractivity (Wildman–Crippen MR) is 119 cm³/mol. The smallest absolute Gasteiger partial charge is 0.338 e. The van der Waals surface area contributed by atoms with Crippen molar-refractivity contribution < 1.29 is 14.6 Å². The lowest BCUT2D eigenvalue weighted by Crippen LogP contribution is -2.41. The van der Waals surface area contributed by atoms with Crippen LogP contribution in [0.5, 0.6) is 0 Å². The van der Waals surface area contributed by atoms with Crippen LogP contribution in [0.25, 0.3) is 0 Å². The predicted octanol–water partition coefficient (Wildman–Crippen LogP) is 7.49. The van der Waals surface area contributed by atoms with E-state index in [1.54, 1.807) is 0 Å². The van der Waals surface area contributed by atoms with E-state index in [9.17, 15) is 9.90 Å². The number of hydrogen-bond acceptors (Lipinski definition) is 3. The maximum Gasteiger partial charge on any atom is 0.338 e. The Morgan fingerprint density at radius 2 is 1.07 bits per heavy atom. The summed E-state index contributed by atoms with van der Waals surface area (Å²) >= 11 is 0. The van der Waals surface area contributed by atoms with Gasteiger partial charge in [0.15, 0.2) is 5.60 Å². The van der Waals surface area contributed by atoms with Gasteiger partial charge in [-0.1, -0.05) is 110 Å². The molecule has 3 nitrogen and oxygen atoms in total. The second-order valence-corrected chi connectivity index (χ2v) is 9.03. The largest absolute Gasteiger partial charge is 0.464 e. The zero-order valence-corrected chi connectivity index (χ0v) is 18.8. The van der Waals surface area contributed by atoms with Crippen molar-refractivity contribution in [2.45, 2.75) is 147 Å². The third kappa shape index (κ3) is 12.8. The maximum atomic E-state index is 12.0. The lowest BCUT2D eigenvalue weighted by Gasteiger charge is -2.29. The molecule has 1 aliphatic rings. The molecule has 0 radical (unpaired) electrons. The van der Waals surface area contributed by atoms with E-state index in [4.69, 9.17) is 4.74 Å². The molecule has 0 aromatic rings. The summed E-state index contributed by atoms with van der Waals surface area (Å²) in [7, 11) is 0.